The van der Waals surface area contributed by atoms with Crippen LogP contribution in [0.3, 0.4) is 0 Å². The normalized spacial score (nSPS) is 9.83. The predicted molar refractivity (Wildman–Crippen MR) is 65.0 cm³/mol. The van der Waals surface area contributed by atoms with Crippen LogP contribution < -0.4 is 5.32 Å². The number of carbonyl (C=O) groups excluding carboxylic acids is 2. The number of esters is 1. The van der Waals surface area contributed by atoms with Crippen molar-refractivity contribution in [3.05, 3.63) is 36.0 Å². The zero-order valence-electron chi connectivity index (χ0n) is 9.64. The Bertz CT molecular complexity index is 577. The number of hydrogen-bond donors (Lipinski definition) is 2. The van der Waals surface area contributed by atoms with Crippen LogP contribution in [0.5, 0.6) is 0 Å². The van der Waals surface area contributed by atoms with Gasteiger partial charge in [-0.25, -0.2) is 4.79 Å². The van der Waals surface area contributed by atoms with Crippen molar-refractivity contribution < 1.29 is 14.3 Å². The number of amides is 1. The summed E-state index contributed by atoms with van der Waals surface area (Å²) in [5.41, 5.74) is 2.32. The summed E-state index contributed by atoms with van der Waals surface area (Å²) in [7, 11) is 1.30. The van der Waals surface area contributed by atoms with Gasteiger partial charge in [0.25, 0.3) is 0 Å². The molecule has 1 heterocycles. The summed E-state index contributed by atoms with van der Waals surface area (Å²) in [6, 6.07) is 8.71. The molecule has 0 unspecified atom stereocenters. The standard InChI is InChI=1S/C12H11N3O3/c1-18-12(17)11-6-10(14-15-11)8-3-2-4-9(5-8)13-7-16/h2-7H,1H3,(H,13,16)(H,14,15). The number of carbonyl (C=O) groups is 2. The maximum absolute atomic E-state index is 11.3. The molecule has 1 aromatic carbocycles. The Balaban J connectivity index is 2.30. The van der Waals surface area contributed by atoms with E-state index >= 15 is 0 Å². The number of methoxy groups -OCH3 is 1. The van der Waals surface area contributed by atoms with Crippen molar-refractivity contribution in [3.63, 3.8) is 0 Å². The fraction of sp³-hybridized carbons (Fsp3) is 0.0833. The van der Waals surface area contributed by atoms with Crippen molar-refractivity contribution in [2.24, 2.45) is 0 Å². The molecule has 6 heteroatoms. The van der Waals surface area contributed by atoms with Crippen molar-refractivity contribution in [2.45, 2.75) is 0 Å². The lowest BCUT2D eigenvalue weighted by atomic mass is 10.1. The summed E-state index contributed by atoms with van der Waals surface area (Å²) in [4.78, 5) is 21.6. The minimum Gasteiger partial charge on any atom is -0.464 e. The lowest BCUT2D eigenvalue weighted by Gasteiger charge is -2.00. The van der Waals surface area contributed by atoms with Crippen molar-refractivity contribution >= 4 is 18.1 Å². The molecular weight excluding hydrogens is 234 g/mol. The smallest absolute Gasteiger partial charge is 0.356 e. The van der Waals surface area contributed by atoms with E-state index in [9.17, 15) is 9.59 Å². The lowest BCUT2D eigenvalue weighted by Crippen LogP contribution is -2.00. The second-order valence-electron chi connectivity index (χ2n) is 3.50. The topological polar surface area (TPSA) is 84.1 Å². The van der Waals surface area contributed by atoms with Crippen LogP contribution in [0.15, 0.2) is 30.3 Å². The molecule has 1 amide bonds. The number of nitrogens with one attached hydrogen (secondary N) is 2. The van der Waals surface area contributed by atoms with Gasteiger partial charge >= 0.3 is 5.97 Å². The van der Waals surface area contributed by atoms with E-state index in [-0.39, 0.29) is 5.69 Å². The van der Waals surface area contributed by atoms with E-state index < -0.39 is 5.97 Å². The molecule has 0 bridgehead atoms. The van der Waals surface area contributed by atoms with Gasteiger partial charge in [0.15, 0.2) is 0 Å². The van der Waals surface area contributed by atoms with Crippen molar-refractivity contribution in [3.8, 4) is 11.3 Å². The summed E-state index contributed by atoms with van der Waals surface area (Å²) in [6.07, 6.45) is 0.601. The third-order valence-corrected chi connectivity index (χ3v) is 2.37. The molecule has 2 rings (SSSR count). The molecule has 0 radical (unpaired) electrons. The first-order valence-corrected chi connectivity index (χ1v) is 5.19. The van der Waals surface area contributed by atoms with E-state index in [1.165, 1.54) is 7.11 Å². The van der Waals surface area contributed by atoms with Crippen molar-refractivity contribution in [1.29, 1.82) is 0 Å². The molecule has 2 aromatic rings. The average Bonchev–Trinajstić information content (AvgIpc) is 2.88. The highest BCUT2D eigenvalue weighted by molar-refractivity contribution is 5.88. The highest BCUT2D eigenvalue weighted by atomic mass is 16.5. The van der Waals surface area contributed by atoms with Gasteiger partial charge < -0.3 is 10.1 Å². The van der Waals surface area contributed by atoms with Gasteiger partial charge in [0.2, 0.25) is 6.41 Å². The molecule has 0 saturated heterocycles. The molecule has 0 spiro atoms. The van der Waals surface area contributed by atoms with Gasteiger partial charge in [-0.05, 0) is 18.2 Å². The third-order valence-electron chi connectivity index (χ3n) is 2.37. The number of benzene rings is 1. The molecule has 0 atom stereocenters. The Hall–Kier alpha value is -2.63. The van der Waals surface area contributed by atoms with Crippen molar-refractivity contribution in [2.75, 3.05) is 12.4 Å². The first-order valence-electron chi connectivity index (χ1n) is 5.19. The molecule has 18 heavy (non-hydrogen) atoms. The SMILES string of the molecule is COC(=O)c1cc(-c2cccc(NC=O)c2)n[nH]1. The summed E-state index contributed by atoms with van der Waals surface area (Å²) in [6.45, 7) is 0. The highest BCUT2D eigenvalue weighted by Gasteiger charge is 2.10. The maximum atomic E-state index is 11.3. The van der Waals surface area contributed by atoms with E-state index in [2.05, 4.69) is 20.3 Å². The quantitative estimate of drug-likeness (QED) is 0.630. The Morgan fingerprint density at radius 1 is 1.44 bits per heavy atom. The van der Waals surface area contributed by atoms with Gasteiger partial charge in [0.05, 0.1) is 12.8 Å². The van der Waals surface area contributed by atoms with Crippen molar-refractivity contribution in [1.82, 2.24) is 10.2 Å². The molecule has 2 N–H and O–H groups in total. The monoisotopic (exact) mass is 245 g/mol. The van der Waals surface area contributed by atoms with Crippen LogP contribution in [0.2, 0.25) is 0 Å². The average molecular weight is 245 g/mol. The van der Waals surface area contributed by atoms with Gasteiger partial charge in [-0.15, -0.1) is 0 Å². The van der Waals surface area contributed by atoms with Gasteiger partial charge in [-0.1, -0.05) is 12.1 Å². The summed E-state index contributed by atoms with van der Waals surface area (Å²) in [5.74, 6) is -0.476. The molecule has 0 aliphatic heterocycles. The summed E-state index contributed by atoms with van der Waals surface area (Å²) < 4.78 is 4.58. The van der Waals surface area contributed by atoms with Crippen LogP contribution >= 0.6 is 0 Å². The molecule has 0 aliphatic rings. The summed E-state index contributed by atoms with van der Waals surface area (Å²) >= 11 is 0. The van der Waals surface area contributed by atoms with Gasteiger partial charge in [-0.3, -0.25) is 9.89 Å². The van der Waals surface area contributed by atoms with Gasteiger partial charge in [-0.2, -0.15) is 5.10 Å². The Labute approximate surface area is 103 Å². The molecule has 0 aliphatic carbocycles. The number of hydrogen-bond acceptors (Lipinski definition) is 4. The Morgan fingerprint density at radius 2 is 2.28 bits per heavy atom. The number of ether oxygens (including phenoxy) is 1. The second kappa shape index (κ2) is 5.13. The van der Waals surface area contributed by atoms with Crippen LogP contribution in [0.25, 0.3) is 11.3 Å². The second-order valence-corrected chi connectivity index (χ2v) is 3.50. The number of nitrogens with zero attached hydrogens (tertiary/aromatic N) is 1. The Morgan fingerprint density at radius 3 is 3.00 bits per heavy atom. The van der Waals surface area contributed by atoms with E-state index in [1.807, 2.05) is 6.07 Å². The first kappa shape index (κ1) is 11.8. The fourth-order valence-corrected chi connectivity index (χ4v) is 1.52. The summed E-state index contributed by atoms with van der Waals surface area (Å²) in [5, 5.41) is 9.15. The number of anilines is 1. The van der Waals surface area contributed by atoms with Gasteiger partial charge in [0.1, 0.15) is 5.69 Å². The first-order chi connectivity index (χ1) is 8.74. The number of H-pyrrole nitrogens is 1. The van der Waals surface area contributed by atoms with E-state index in [4.69, 9.17) is 0 Å². The molecule has 0 saturated carbocycles. The maximum Gasteiger partial charge on any atom is 0.356 e. The van der Waals surface area contributed by atoms with Crippen LogP contribution in [-0.4, -0.2) is 29.7 Å². The van der Waals surface area contributed by atoms with Crippen LogP contribution in [-0.2, 0) is 9.53 Å². The third kappa shape index (κ3) is 2.37. The fourth-order valence-electron chi connectivity index (χ4n) is 1.52. The minimum absolute atomic E-state index is 0.279. The predicted octanol–water partition coefficient (Wildman–Crippen LogP) is 1.43. The lowest BCUT2D eigenvalue weighted by molar-refractivity contribution is -0.105. The van der Waals surface area contributed by atoms with Crippen LogP contribution in [0, 0.1) is 0 Å². The largest absolute Gasteiger partial charge is 0.464 e. The molecular formula is C12H11N3O3. The molecule has 0 fully saturated rings. The molecule has 92 valence electrons. The molecule has 6 nitrogen and oxygen atoms in total. The Kier molecular flexibility index (Phi) is 3.38. The van der Waals surface area contributed by atoms with Crippen LogP contribution in [0.1, 0.15) is 10.5 Å². The van der Waals surface area contributed by atoms with E-state index in [0.717, 1.165) is 5.56 Å². The number of aromatic nitrogens is 2. The number of aromatic amines is 1. The number of rotatable bonds is 4. The minimum atomic E-state index is -0.476. The zero-order chi connectivity index (χ0) is 13.0. The van der Waals surface area contributed by atoms with E-state index in [0.29, 0.717) is 17.8 Å². The van der Waals surface area contributed by atoms with E-state index in [1.54, 1.807) is 24.3 Å². The van der Waals surface area contributed by atoms with Gasteiger partial charge in [0, 0.05) is 11.3 Å². The molecule has 1 aromatic heterocycles. The highest BCUT2D eigenvalue weighted by Crippen LogP contribution is 2.21. The van der Waals surface area contributed by atoms with Crippen LogP contribution in [0.4, 0.5) is 5.69 Å². The zero-order valence-corrected chi connectivity index (χ0v) is 9.64.